The Kier molecular flexibility index (Phi) is 15.0. The Labute approximate surface area is 335 Å². The minimum Gasteiger partial charge on any atom is -0.508 e. The third-order valence-corrected chi connectivity index (χ3v) is 11.5. The molecule has 1 aliphatic carbocycles. The number of nitrogens with one attached hydrogen (secondary N) is 3. The maximum Gasteiger partial charge on any atom is 0.274 e. The predicted molar refractivity (Wildman–Crippen MR) is 233 cm³/mol. The van der Waals surface area contributed by atoms with Crippen molar-refractivity contribution in [3.63, 3.8) is 0 Å². The Morgan fingerprint density at radius 1 is 1.16 bits per heavy atom. The highest BCUT2D eigenvalue weighted by atomic mass is 31.1. The highest BCUT2D eigenvalue weighted by Crippen LogP contribution is 2.44. The van der Waals surface area contributed by atoms with Crippen molar-refractivity contribution in [1.29, 1.82) is 0 Å². The van der Waals surface area contributed by atoms with Crippen LogP contribution in [0.3, 0.4) is 0 Å². The van der Waals surface area contributed by atoms with Crippen LogP contribution in [0, 0.1) is 0 Å². The van der Waals surface area contributed by atoms with Gasteiger partial charge in [0.15, 0.2) is 0 Å². The van der Waals surface area contributed by atoms with Crippen molar-refractivity contribution in [3.8, 4) is 16.9 Å². The zero-order chi connectivity index (χ0) is 41.4. The van der Waals surface area contributed by atoms with Crippen LogP contribution in [0.1, 0.15) is 99.8 Å². The SMILES string of the molecule is C=Cc1c(NCC(=C)NC(C)(C)OCC(C)(C)NC=O)cccc1C(=O)N(C)C1CC1.CCCCc1c(O)cc(-c2cn(C)c(=O)c3c2CPN3C)cc1CC. The Bertz CT molecular complexity index is 1970. The number of phenols is 1. The summed E-state index contributed by atoms with van der Waals surface area (Å²) < 4.78 is 9.66. The molecule has 3 aromatic rings. The number of unbranched alkanes of at least 4 members (excludes halogenated alkanes) is 1. The van der Waals surface area contributed by atoms with E-state index < -0.39 is 11.3 Å². The second-order valence-electron chi connectivity index (χ2n) is 15.9. The van der Waals surface area contributed by atoms with Crippen LogP contribution in [0.2, 0.25) is 0 Å². The van der Waals surface area contributed by atoms with Crippen LogP contribution in [-0.4, -0.2) is 71.4 Å². The summed E-state index contributed by atoms with van der Waals surface area (Å²) in [5, 5.41) is 20.0. The van der Waals surface area contributed by atoms with Crippen molar-refractivity contribution in [2.75, 3.05) is 37.2 Å². The maximum atomic E-state index is 12.9. The molecule has 1 fully saturated rings. The molecule has 304 valence electrons. The van der Waals surface area contributed by atoms with Gasteiger partial charge in [-0.1, -0.05) is 51.6 Å². The van der Waals surface area contributed by atoms with Crippen molar-refractivity contribution < 1.29 is 19.4 Å². The number of hydrogen-bond donors (Lipinski definition) is 4. The first-order valence-corrected chi connectivity index (χ1v) is 20.7. The van der Waals surface area contributed by atoms with Crippen LogP contribution < -0.4 is 26.2 Å². The van der Waals surface area contributed by atoms with Gasteiger partial charge in [-0.15, -0.1) is 0 Å². The van der Waals surface area contributed by atoms with Gasteiger partial charge in [-0.25, -0.2) is 0 Å². The van der Waals surface area contributed by atoms with E-state index in [0.717, 1.165) is 89.6 Å². The van der Waals surface area contributed by atoms with Crippen molar-refractivity contribution in [2.45, 2.75) is 104 Å². The molecule has 0 spiro atoms. The van der Waals surface area contributed by atoms with Crippen LogP contribution in [-0.2, 0) is 35.6 Å². The van der Waals surface area contributed by atoms with E-state index in [1.165, 1.54) is 5.56 Å². The van der Waals surface area contributed by atoms with E-state index in [-0.39, 0.29) is 11.5 Å². The number of nitrogens with zero attached hydrogens (tertiary/aromatic N) is 3. The van der Waals surface area contributed by atoms with Crippen LogP contribution in [0.5, 0.6) is 5.75 Å². The van der Waals surface area contributed by atoms with Crippen LogP contribution in [0.4, 0.5) is 11.4 Å². The quantitative estimate of drug-likeness (QED) is 0.0592. The first kappa shape index (κ1) is 44.1. The summed E-state index contributed by atoms with van der Waals surface area (Å²) in [4.78, 5) is 37.9. The highest BCUT2D eigenvalue weighted by Gasteiger charge is 2.31. The van der Waals surface area contributed by atoms with E-state index >= 15 is 0 Å². The Morgan fingerprint density at radius 2 is 1.88 bits per heavy atom. The van der Waals surface area contributed by atoms with E-state index in [2.05, 4.69) is 53.7 Å². The van der Waals surface area contributed by atoms with Crippen LogP contribution in [0.15, 0.2) is 60.2 Å². The van der Waals surface area contributed by atoms with Gasteiger partial charge in [0.05, 0.1) is 18.7 Å². The van der Waals surface area contributed by atoms with Gasteiger partial charge in [-0.05, 0) is 109 Å². The molecular formula is C44H63N6O5P. The van der Waals surface area contributed by atoms with E-state index in [9.17, 15) is 19.5 Å². The van der Waals surface area contributed by atoms with Gasteiger partial charge >= 0.3 is 0 Å². The number of pyridine rings is 1. The van der Waals surface area contributed by atoms with Gasteiger partial charge in [0.1, 0.15) is 17.2 Å². The van der Waals surface area contributed by atoms with Gasteiger partial charge in [0.25, 0.3) is 11.5 Å². The summed E-state index contributed by atoms with van der Waals surface area (Å²) in [7, 11) is 6.25. The second kappa shape index (κ2) is 19.0. The number of ether oxygens (including phenoxy) is 1. The zero-order valence-corrected chi connectivity index (χ0v) is 35.9. The smallest absolute Gasteiger partial charge is 0.274 e. The van der Waals surface area contributed by atoms with Crippen molar-refractivity contribution in [1.82, 2.24) is 20.1 Å². The summed E-state index contributed by atoms with van der Waals surface area (Å²) in [6, 6.07) is 10.1. The number of carbonyl (C=O) groups excluding carboxylic acids is 2. The number of phenolic OH excluding ortho intramolecular Hbond substituents is 1. The van der Waals surface area contributed by atoms with Gasteiger partial charge in [-0.2, -0.15) is 0 Å². The fourth-order valence-corrected chi connectivity index (χ4v) is 7.99. The molecule has 5 rings (SSSR count). The summed E-state index contributed by atoms with van der Waals surface area (Å²) in [5.41, 5.74) is 8.19. The fraction of sp³-hybridized carbons (Fsp3) is 0.477. The summed E-state index contributed by atoms with van der Waals surface area (Å²) >= 11 is 0. The number of amides is 2. The maximum absolute atomic E-state index is 12.9. The number of aromatic hydroxyl groups is 1. The molecule has 0 bridgehead atoms. The zero-order valence-electron chi connectivity index (χ0n) is 34.9. The van der Waals surface area contributed by atoms with Gasteiger partial charge in [0, 0.05) is 67.6 Å². The average Bonchev–Trinajstić information content (AvgIpc) is 3.94. The molecule has 1 aliphatic heterocycles. The lowest BCUT2D eigenvalue weighted by Gasteiger charge is -2.33. The normalized spacial score (nSPS) is 14.1. The minimum absolute atomic E-state index is 0.0130. The third-order valence-electron chi connectivity index (χ3n) is 10.2. The van der Waals surface area contributed by atoms with E-state index in [1.807, 2.05) is 77.2 Å². The first-order chi connectivity index (χ1) is 26.5. The molecule has 11 nitrogen and oxygen atoms in total. The molecule has 4 N–H and O–H groups in total. The lowest BCUT2D eigenvalue weighted by atomic mass is 9.92. The van der Waals surface area contributed by atoms with Crippen molar-refractivity contribution >= 4 is 38.5 Å². The van der Waals surface area contributed by atoms with Gasteiger partial charge < -0.3 is 39.9 Å². The largest absolute Gasteiger partial charge is 0.508 e. The molecular weight excluding hydrogens is 723 g/mol. The average molecular weight is 787 g/mol. The van der Waals surface area contributed by atoms with E-state index in [4.69, 9.17) is 4.74 Å². The first-order valence-electron chi connectivity index (χ1n) is 19.6. The van der Waals surface area contributed by atoms with Gasteiger partial charge in [0.2, 0.25) is 6.41 Å². The number of benzene rings is 2. The number of carbonyl (C=O) groups is 2. The molecule has 2 aromatic carbocycles. The molecule has 1 atom stereocenters. The Morgan fingerprint density at radius 3 is 2.50 bits per heavy atom. The molecule has 1 saturated carbocycles. The molecule has 2 amide bonds. The highest BCUT2D eigenvalue weighted by molar-refractivity contribution is 7.39. The number of fused-ring (bicyclic) bond motifs is 1. The topological polar surface area (TPSA) is 128 Å². The Balaban J connectivity index is 0.000000254. The fourth-order valence-electron chi connectivity index (χ4n) is 6.85. The summed E-state index contributed by atoms with van der Waals surface area (Å²) in [6.45, 7) is 20.6. The summed E-state index contributed by atoms with van der Waals surface area (Å²) in [6.07, 6.45) is 11.4. The predicted octanol–water partition coefficient (Wildman–Crippen LogP) is 7.56. The third kappa shape index (κ3) is 11.0. The molecule has 1 unspecified atom stereocenters. The number of anilines is 2. The molecule has 56 heavy (non-hydrogen) atoms. The molecule has 1 aromatic heterocycles. The number of aryl methyl sites for hydroxylation is 2. The van der Waals surface area contributed by atoms with E-state index in [0.29, 0.717) is 45.6 Å². The second-order valence-corrected chi connectivity index (χ2v) is 17.3. The molecule has 2 aliphatic rings. The van der Waals surface area contributed by atoms with Crippen molar-refractivity contribution in [2.24, 2.45) is 7.05 Å². The lowest BCUT2D eigenvalue weighted by Crippen LogP contribution is -2.49. The van der Waals surface area contributed by atoms with Crippen molar-refractivity contribution in [3.05, 3.63) is 93.6 Å². The minimum atomic E-state index is -0.674. The number of rotatable bonds is 18. The number of aromatic nitrogens is 1. The molecule has 0 radical (unpaired) electrons. The molecule has 2 heterocycles. The van der Waals surface area contributed by atoms with Crippen LogP contribution in [0.25, 0.3) is 17.2 Å². The van der Waals surface area contributed by atoms with E-state index in [1.54, 1.807) is 17.7 Å². The number of hydrogen-bond acceptors (Lipinski definition) is 8. The Hall–Kier alpha value is -4.60. The summed E-state index contributed by atoms with van der Waals surface area (Å²) in [5.74, 6) is 0.401. The standard InChI is InChI=1S/C24H36N4O3.C20H27N2O2P/c1-8-19-20(22(30)28(7)18-12-13-18)10-9-11-21(19)25-14-17(2)27-24(5,6)31-15-23(3,4)26-16-29;1-5-7-8-15-13(6-2)9-14(10-18(15)23)16-11-21(3)20(24)19-17(16)12-25-22(19)4/h8-11,16,18,25,27H,1-2,12-15H2,3-7H3,(H,26,29);9-11,23,25H,5-8,12H2,1-4H3. The van der Waals surface area contributed by atoms with Gasteiger partial charge in [-0.3, -0.25) is 14.4 Å². The molecule has 12 heteroatoms. The monoisotopic (exact) mass is 786 g/mol. The molecule has 0 saturated heterocycles. The van der Waals surface area contributed by atoms with Crippen LogP contribution >= 0.6 is 8.73 Å². The lowest BCUT2D eigenvalue weighted by molar-refractivity contribution is -0.113.